The van der Waals surface area contributed by atoms with Crippen molar-refractivity contribution in [3.8, 4) is 5.75 Å². The lowest BCUT2D eigenvalue weighted by molar-refractivity contribution is -0.142. The van der Waals surface area contributed by atoms with Crippen molar-refractivity contribution in [2.75, 3.05) is 5.43 Å². The minimum Gasteiger partial charge on any atom is -0.508 e. The highest BCUT2D eigenvalue weighted by Crippen LogP contribution is 2.64. The van der Waals surface area contributed by atoms with E-state index in [0.29, 0.717) is 23.2 Å². The highest BCUT2D eigenvalue weighted by molar-refractivity contribution is 6.13. The van der Waals surface area contributed by atoms with Crippen molar-refractivity contribution in [1.29, 1.82) is 0 Å². The molecular weight excluding hydrogens is 602 g/mol. The predicted octanol–water partition coefficient (Wildman–Crippen LogP) is 5.89. The summed E-state index contributed by atoms with van der Waals surface area (Å²) >= 11 is 0. The van der Waals surface area contributed by atoms with Gasteiger partial charge in [-0.3, -0.25) is 29.5 Å². The number of aromatic hydroxyl groups is 1. The molecule has 3 fully saturated rings. The van der Waals surface area contributed by atoms with E-state index in [2.05, 4.69) is 5.43 Å². The average Bonchev–Trinajstić information content (AvgIpc) is 3.47. The van der Waals surface area contributed by atoms with E-state index in [1.165, 1.54) is 4.90 Å². The highest BCUT2D eigenvalue weighted by atomic mass is 16.3. The smallest absolute Gasteiger partial charge is 0.260 e. The number of rotatable bonds is 6. The average molecular weight is 638 g/mol. The second-order valence-corrected chi connectivity index (χ2v) is 13.4. The number of aryl methyl sites for hydroxylation is 1. The number of phenolic OH excluding ortho intramolecular Hbond substituents is 1. The molecule has 0 aromatic heterocycles. The van der Waals surface area contributed by atoms with Crippen LogP contribution in [0.3, 0.4) is 0 Å². The van der Waals surface area contributed by atoms with Crippen LogP contribution in [0.25, 0.3) is 0 Å². The number of likely N-dealkylation sites (tertiary alicyclic amines) is 1. The fourth-order valence-electron chi connectivity index (χ4n) is 8.81. The van der Waals surface area contributed by atoms with Gasteiger partial charge in [-0.2, -0.15) is 5.01 Å². The van der Waals surface area contributed by atoms with Crippen LogP contribution in [0.15, 0.2) is 121 Å². The number of benzene rings is 4. The van der Waals surface area contributed by atoms with E-state index in [9.17, 15) is 19.5 Å². The van der Waals surface area contributed by atoms with Gasteiger partial charge in [-0.1, -0.05) is 108 Å². The fraction of sp³-hybridized carbons (Fsp3) is 0.250. The number of allylic oxidation sites excluding steroid dienone is 2. The molecule has 6 atom stereocenters. The Labute approximate surface area is 278 Å². The Balaban J connectivity index is 1.29. The largest absolute Gasteiger partial charge is 0.508 e. The molecule has 2 saturated heterocycles. The van der Waals surface area contributed by atoms with Crippen LogP contribution in [-0.4, -0.2) is 38.6 Å². The van der Waals surface area contributed by atoms with Crippen LogP contribution in [0.4, 0.5) is 5.69 Å². The molecular formula is C40H35N3O5. The van der Waals surface area contributed by atoms with Crippen molar-refractivity contribution in [2.24, 2.45) is 23.7 Å². The zero-order valence-corrected chi connectivity index (χ0v) is 26.5. The summed E-state index contributed by atoms with van der Waals surface area (Å²) in [6.07, 6.45) is 2.55. The first kappa shape index (κ1) is 29.9. The van der Waals surface area contributed by atoms with E-state index >= 15 is 4.79 Å². The number of nitrogens with one attached hydrogen (secondary N) is 1. The number of amides is 4. The second-order valence-electron chi connectivity index (χ2n) is 13.4. The first-order chi connectivity index (χ1) is 23.3. The lowest BCUT2D eigenvalue weighted by Crippen LogP contribution is -2.53. The normalized spacial score (nSPS) is 27.8. The predicted molar refractivity (Wildman–Crippen MR) is 179 cm³/mol. The van der Waals surface area contributed by atoms with Crippen LogP contribution in [0.2, 0.25) is 0 Å². The lowest BCUT2D eigenvalue weighted by atomic mass is 9.49. The molecule has 8 rings (SSSR count). The van der Waals surface area contributed by atoms with Crippen molar-refractivity contribution in [2.45, 2.75) is 37.6 Å². The van der Waals surface area contributed by atoms with Crippen LogP contribution in [0.5, 0.6) is 5.75 Å². The van der Waals surface area contributed by atoms with Gasteiger partial charge in [-0.15, -0.1) is 0 Å². The van der Waals surface area contributed by atoms with Crippen molar-refractivity contribution in [3.63, 3.8) is 0 Å². The number of carbonyl (C=O) groups is 4. The summed E-state index contributed by atoms with van der Waals surface area (Å²) in [6, 6.07) is 33.2. The van der Waals surface area contributed by atoms with Crippen molar-refractivity contribution in [1.82, 2.24) is 9.91 Å². The topological polar surface area (TPSA) is 107 Å². The number of phenols is 1. The highest BCUT2D eigenvalue weighted by Gasteiger charge is 2.70. The van der Waals surface area contributed by atoms with Crippen LogP contribution < -0.4 is 5.43 Å². The summed E-state index contributed by atoms with van der Waals surface area (Å²) in [5, 5.41) is 12.6. The Kier molecular flexibility index (Phi) is 7.05. The van der Waals surface area contributed by atoms with E-state index < -0.39 is 46.8 Å². The third kappa shape index (κ3) is 4.35. The molecule has 2 aliphatic carbocycles. The maximum Gasteiger partial charge on any atom is 0.260 e. The van der Waals surface area contributed by atoms with Crippen LogP contribution in [0, 0.1) is 30.6 Å². The molecule has 4 aliphatic rings. The molecule has 0 spiro atoms. The molecule has 4 aromatic carbocycles. The van der Waals surface area contributed by atoms with Crippen molar-refractivity contribution >= 4 is 29.3 Å². The van der Waals surface area contributed by atoms with E-state index in [0.717, 1.165) is 21.7 Å². The zero-order chi connectivity index (χ0) is 33.2. The minimum absolute atomic E-state index is 0.00458. The third-order valence-electron chi connectivity index (χ3n) is 10.9. The van der Waals surface area contributed by atoms with Gasteiger partial charge < -0.3 is 5.11 Å². The van der Waals surface area contributed by atoms with Gasteiger partial charge in [0.25, 0.3) is 11.8 Å². The number of para-hydroxylation sites is 1. The molecule has 240 valence electrons. The lowest BCUT2D eigenvalue weighted by Gasteiger charge is -2.50. The Hall–Kier alpha value is -5.50. The molecule has 0 radical (unpaired) electrons. The summed E-state index contributed by atoms with van der Waals surface area (Å²) < 4.78 is 0. The summed E-state index contributed by atoms with van der Waals surface area (Å²) in [6.45, 7) is 2.14. The minimum atomic E-state index is -1.42. The summed E-state index contributed by atoms with van der Waals surface area (Å²) in [4.78, 5) is 59.3. The van der Waals surface area contributed by atoms with Crippen LogP contribution in [0.1, 0.15) is 41.0 Å². The SMILES string of the molecule is Cc1ccc(NN2C(=O)[C@@H]3C[C@@H]4C(=CC[C@@H]5C(=O)N(Cc6ccccc6)C(=O)[C@@H]54)[C@H](c4ccccc4O)[C@]3(c3ccccc3)C2=O)cc1. The van der Waals surface area contributed by atoms with Gasteiger partial charge in [-0.05, 0) is 55.0 Å². The molecule has 48 heavy (non-hydrogen) atoms. The number of anilines is 1. The number of fused-ring (bicyclic) bond motifs is 4. The van der Waals surface area contributed by atoms with Gasteiger partial charge in [0.1, 0.15) is 5.75 Å². The van der Waals surface area contributed by atoms with Gasteiger partial charge in [-0.25, -0.2) is 0 Å². The molecule has 8 nitrogen and oxygen atoms in total. The van der Waals surface area contributed by atoms with Gasteiger partial charge >= 0.3 is 0 Å². The molecule has 2 aliphatic heterocycles. The molecule has 4 aromatic rings. The van der Waals surface area contributed by atoms with Gasteiger partial charge in [0.2, 0.25) is 11.8 Å². The number of nitrogens with zero attached hydrogens (tertiary/aromatic N) is 2. The maximum atomic E-state index is 15.1. The Bertz CT molecular complexity index is 1980. The number of imide groups is 2. The molecule has 2 N–H and O–H groups in total. The van der Waals surface area contributed by atoms with E-state index in [1.807, 2.05) is 104 Å². The van der Waals surface area contributed by atoms with Gasteiger partial charge in [0.15, 0.2) is 0 Å². The quantitative estimate of drug-likeness (QED) is 0.202. The Morgan fingerprint density at radius 3 is 2.15 bits per heavy atom. The first-order valence-corrected chi connectivity index (χ1v) is 16.4. The summed E-state index contributed by atoms with van der Waals surface area (Å²) in [7, 11) is 0. The molecule has 8 heteroatoms. The van der Waals surface area contributed by atoms with Crippen LogP contribution in [-0.2, 0) is 31.1 Å². The number of hydrogen-bond acceptors (Lipinski definition) is 6. The van der Waals surface area contributed by atoms with Crippen molar-refractivity contribution in [3.05, 3.63) is 143 Å². The molecule has 0 unspecified atom stereocenters. The van der Waals surface area contributed by atoms with E-state index in [4.69, 9.17) is 0 Å². The maximum absolute atomic E-state index is 15.1. The zero-order valence-electron chi connectivity index (χ0n) is 26.5. The van der Waals surface area contributed by atoms with E-state index in [1.54, 1.807) is 18.2 Å². The van der Waals surface area contributed by atoms with Gasteiger partial charge in [0.05, 0.1) is 35.4 Å². The van der Waals surface area contributed by atoms with Crippen molar-refractivity contribution < 1.29 is 24.3 Å². The number of hydrogen-bond donors (Lipinski definition) is 2. The number of carbonyl (C=O) groups excluding carboxylic acids is 4. The molecule has 0 bridgehead atoms. The summed E-state index contributed by atoms with van der Waals surface area (Å²) in [5.74, 6) is -4.63. The Morgan fingerprint density at radius 1 is 0.771 bits per heavy atom. The second kappa shape index (κ2) is 11.3. The Morgan fingerprint density at radius 2 is 1.44 bits per heavy atom. The first-order valence-electron chi connectivity index (χ1n) is 16.4. The van der Waals surface area contributed by atoms with Crippen LogP contribution >= 0.6 is 0 Å². The standard InChI is InChI=1S/C40H35N3O5/c1-24-16-18-27(19-17-24)41-43-37(46)32-22-31-28(20-21-30-34(31)38(47)42(36(30)45)23-25-10-4-2-5-11-25)35(29-14-8-9-15-33(29)44)40(32,39(43)48)26-12-6-3-7-13-26/h2-20,30-32,34-35,41,44H,21-23H2,1H3/t30-,31+,32-,34-,35+,40+/m0/s1. The fourth-order valence-corrected chi connectivity index (χ4v) is 8.81. The monoisotopic (exact) mass is 637 g/mol. The molecule has 2 heterocycles. The number of hydrazine groups is 1. The van der Waals surface area contributed by atoms with Gasteiger partial charge in [0, 0.05) is 11.5 Å². The van der Waals surface area contributed by atoms with E-state index in [-0.39, 0.29) is 30.5 Å². The third-order valence-corrected chi connectivity index (χ3v) is 10.9. The summed E-state index contributed by atoms with van der Waals surface area (Å²) in [5.41, 5.74) is 6.17. The molecule has 4 amide bonds. The molecule has 1 saturated carbocycles.